The van der Waals surface area contributed by atoms with E-state index in [0.29, 0.717) is 12.0 Å². The Morgan fingerprint density at radius 1 is 1.60 bits per heavy atom. The van der Waals surface area contributed by atoms with Crippen LogP contribution in [-0.2, 0) is 4.79 Å². The topological polar surface area (TPSA) is 40.5 Å². The predicted molar refractivity (Wildman–Crippen MR) is 60.8 cm³/mol. The van der Waals surface area contributed by atoms with E-state index in [4.69, 9.17) is 5.11 Å². The van der Waals surface area contributed by atoms with Crippen LogP contribution in [0, 0.1) is 11.8 Å². The number of hydrogen-bond acceptors (Lipinski definition) is 2. The Labute approximate surface area is 91.8 Å². The van der Waals surface area contributed by atoms with Crippen molar-refractivity contribution in [1.29, 1.82) is 0 Å². The third kappa shape index (κ3) is 4.04. The maximum atomic E-state index is 10.7. The molecule has 0 spiro atoms. The van der Waals surface area contributed by atoms with Crippen molar-refractivity contribution in [1.82, 2.24) is 4.90 Å². The minimum absolute atomic E-state index is 0.519. The van der Waals surface area contributed by atoms with Crippen LogP contribution in [-0.4, -0.2) is 36.1 Å². The Hall–Kier alpha value is -0.830. The molecule has 0 aromatic rings. The molecule has 1 N–H and O–H groups in total. The van der Waals surface area contributed by atoms with Gasteiger partial charge in [-0.05, 0) is 31.7 Å². The van der Waals surface area contributed by atoms with Crippen molar-refractivity contribution in [3.8, 4) is 0 Å². The Balaban J connectivity index is 2.30. The molecule has 1 aliphatic carbocycles. The normalized spacial score (nSPS) is 25.7. The van der Waals surface area contributed by atoms with Crippen LogP contribution in [0.15, 0.2) is 11.6 Å². The molecule has 3 nitrogen and oxygen atoms in total. The van der Waals surface area contributed by atoms with Gasteiger partial charge in [0.25, 0.3) is 0 Å². The fourth-order valence-electron chi connectivity index (χ4n) is 1.78. The number of carbonyl (C=O) groups is 1. The summed E-state index contributed by atoms with van der Waals surface area (Å²) in [7, 11) is 2.05. The molecule has 2 unspecified atom stereocenters. The van der Waals surface area contributed by atoms with E-state index < -0.39 is 5.97 Å². The van der Waals surface area contributed by atoms with Gasteiger partial charge in [-0.2, -0.15) is 0 Å². The zero-order chi connectivity index (χ0) is 11.4. The summed E-state index contributed by atoms with van der Waals surface area (Å²) >= 11 is 0. The highest BCUT2D eigenvalue weighted by Gasteiger charge is 2.32. The summed E-state index contributed by atoms with van der Waals surface area (Å²) in [5.74, 6) is 0.908. The van der Waals surface area contributed by atoms with Crippen molar-refractivity contribution in [2.24, 2.45) is 11.8 Å². The molecule has 0 radical (unpaired) electrons. The van der Waals surface area contributed by atoms with Crippen LogP contribution in [0.4, 0.5) is 0 Å². The maximum absolute atomic E-state index is 10.7. The second-order valence-electron chi connectivity index (χ2n) is 4.58. The van der Waals surface area contributed by atoms with E-state index in [1.165, 1.54) is 6.42 Å². The molecule has 0 saturated heterocycles. The van der Waals surface area contributed by atoms with E-state index in [1.807, 2.05) is 13.0 Å². The number of carboxylic acids is 1. The van der Waals surface area contributed by atoms with Crippen molar-refractivity contribution < 1.29 is 9.90 Å². The molecule has 0 aliphatic heterocycles. The van der Waals surface area contributed by atoms with E-state index in [0.717, 1.165) is 24.9 Å². The van der Waals surface area contributed by atoms with Crippen LogP contribution in [0.1, 0.15) is 26.7 Å². The monoisotopic (exact) mass is 211 g/mol. The third-order valence-corrected chi connectivity index (χ3v) is 3.13. The zero-order valence-corrected chi connectivity index (χ0v) is 9.86. The van der Waals surface area contributed by atoms with Crippen molar-refractivity contribution in [2.45, 2.75) is 26.7 Å². The Bertz CT molecular complexity index is 260. The number of hydrogen-bond donors (Lipinski definition) is 1. The third-order valence-electron chi connectivity index (χ3n) is 3.13. The quantitative estimate of drug-likeness (QED) is 0.683. The lowest BCUT2D eigenvalue weighted by molar-refractivity contribution is -0.132. The molecule has 0 aromatic heterocycles. The SMILES string of the molecule is CCC(=CCN(C)CC1CC1C)C(=O)O. The minimum Gasteiger partial charge on any atom is -0.478 e. The van der Waals surface area contributed by atoms with Gasteiger partial charge in [-0.1, -0.05) is 19.9 Å². The molecule has 86 valence electrons. The lowest BCUT2D eigenvalue weighted by Gasteiger charge is -2.14. The van der Waals surface area contributed by atoms with Gasteiger partial charge in [0.15, 0.2) is 0 Å². The molecule has 2 atom stereocenters. The van der Waals surface area contributed by atoms with Crippen molar-refractivity contribution in [3.05, 3.63) is 11.6 Å². The van der Waals surface area contributed by atoms with E-state index in [9.17, 15) is 4.79 Å². The van der Waals surface area contributed by atoms with Crippen LogP contribution in [0.3, 0.4) is 0 Å². The van der Waals surface area contributed by atoms with Crippen LogP contribution >= 0.6 is 0 Å². The highest BCUT2D eigenvalue weighted by Crippen LogP contribution is 2.37. The molecule has 1 saturated carbocycles. The molecule has 0 heterocycles. The zero-order valence-electron chi connectivity index (χ0n) is 9.86. The molecule has 3 heteroatoms. The number of aliphatic carboxylic acids is 1. The Kier molecular flexibility index (Phi) is 4.33. The smallest absolute Gasteiger partial charge is 0.331 e. The molecule has 1 fully saturated rings. The summed E-state index contributed by atoms with van der Waals surface area (Å²) in [6, 6.07) is 0. The highest BCUT2D eigenvalue weighted by atomic mass is 16.4. The molecule has 0 bridgehead atoms. The number of rotatable bonds is 6. The summed E-state index contributed by atoms with van der Waals surface area (Å²) in [5.41, 5.74) is 0.519. The molecule has 0 amide bonds. The summed E-state index contributed by atoms with van der Waals surface area (Å²) in [5, 5.41) is 8.84. The Morgan fingerprint density at radius 2 is 2.20 bits per heavy atom. The summed E-state index contributed by atoms with van der Waals surface area (Å²) in [4.78, 5) is 12.9. The van der Waals surface area contributed by atoms with Gasteiger partial charge >= 0.3 is 5.97 Å². The fourth-order valence-corrected chi connectivity index (χ4v) is 1.78. The molecule has 1 aliphatic rings. The van der Waals surface area contributed by atoms with Gasteiger partial charge in [0.1, 0.15) is 0 Å². The van der Waals surface area contributed by atoms with Gasteiger partial charge < -0.3 is 10.0 Å². The van der Waals surface area contributed by atoms with Crippen LogP contribution in [0.2, 0.25) is 0 Å². The average molecular weight is 211 g/mol. The molecular formula is C12H21NO2. The van der Waals surface area contributed by atoms with E-state index in [-0.39, 0.29) is 0 Å². The molecular weight excluding hydrogens is 190 g/mol. The van der Waals surface area contributed by atoms with Gasteiger partial charge in [-0.15, -0.1) is 0 Å². The maximum Gasteiger partial charge on any atom is 0.331 e. The van der Waals surface area contributed by atoms with Gasteiger partial charge in [0.05, 0.1) is 0 Å². The molecule has 1 rings (SSSR count). The van der Waals surface area contributed by atoms with Gasteiger partial charge in [-0.25, -0.2) is 4.79 Å². The van der Waals surface area contributed by atoms with Crippen molar-refractivity contribution in [2.75, 3.05) is 20.1 Å². The predicted octanol–water partition coefficient (Wildman–Crippen LogP) is 2.00. The van der Waals surface area contributed by atoms with Gasteiger partial charge in [0.2, 0.25) is 0 Å². The largest absolute Gasteiger partial charge is 0.478 e. The standard InChI is InChI=1S/C12H21NO2/c1-4-10(12(14)15)5-6-13(3)8-11-7-9(11)2/h5,9,11H,4,6-8H2,1-3H3,(H,14,15). The molecule has 15 heavy (non-hydrogen) atoms. The number of likely N-dealkylation sites (N-methyl/N-ethyl adjacent to an activating group) is 1. The first-order chi connectivity index (χ1) is 7.04. The summed E-state index contributed by atoms with van der Waals surface area (Å²) in [6.45, 7) is 5.99. The average Bonchev–Trinajstić information content (AvgIpc) is 2.82. The van der Waals surface area contributed by atoms with Crippen LogP contribution in [0.5, 0.6) is 0 Å². The number of nitrogens with zero attached hydrogens (tertiary/aromatic N) is 1. The summed E-state index contributed by atoms with van der Waals surface area (Å²) < 4.78 is 0. The van der Waals surface area contributed by atoms with Crippen molar-refractivity contribution in [3.63, 3.8) is 0 Å². The van der Waals surface area contributed by atoms with Gasteiger partial charge in [-0.3, -0.25) is 0 Å². The van der Waals surface area contributed by atoms with E-state index in [2.05, 4.69) is 18.9 Å². The minimum atomic E-state index is -0.786. The summed E-state index contributed by atoms with van der Waals surface area (Å²) in [6.07, 6.45) is 3.76. The highest BCUT2D eigenvalue weighted by molar-refractivity contribution is 5.86. The number of carboxylic acid groups (broad SMARTS) is 1. The molecule has 0 aromatic carbocycles. The van der Waals surface area contributed by atoms with E-state index >= 15 is 0 Å². The lowest BCUT2D eigenvalue weighted by Crippen LogP contribution is -2.22. The van der Waals surface area contributed by atoms with Crippen LogP contribution in [0.25, 0.3) is 0 Å². The Morgan fingerprint density at radius 3 is 2.60 bits per heavy atom. The van der Waals surface area contributed by atoms with Crippen molar-refractivity contribution >= 4 is 5.97 Å². The first-order valence-corrected chi connectivity index (χ1v) is 5.65. The lowest BCUT2D eigenvalue weighted by atomic mass is 10.2. The second kappa shape index (κ2) is 5.31. The first kappa shape index (κ1) is 12.2. The van der Waals surface area contributed by atoms with Gasteiger partial charge in [0, 0.05) is 18.7 Å². The van der Waals surface area contributed by atoms with E-state index in [1.54, 1.807) is 0 Å². The first-order valence-electron chi connectivity index (χ1n) is 5.65. The fraction of sp³-hybridized carbons (Fsp3) is 0.750. The second-order valence-corrected chi connectivity index (χ2v) is 4.58. The van der Waals surface area contributed by atoms with Crippen LogP contribution < -0.4 is 0 Å².